The van der Waals surface area contributed by atoms with Gasteiger partial charge in [0.25, 0.3) is 0 Å². The number of aliphatic carboxylic acids is 1. The van der Waals surface area contributed by atoms with Crippen molar-refractivity contribution in [3.63, 3.8) is 0 Å². The molecule has 0 saturated carbocycles. The Morgan fingerprint density at radius 2 is 2.35 bits per heavy atom. The molecule has 0 amide bonds. The van der Waals surface area contributed by atoms with Gasteiger partial charge in [0, 0.05) is 16.9 Å². The van der Waals surface area contributed by atoms with Gasteiger partial charge in [-0.1, -0.05) is 15.9 Å². The summed E-state index contributed by atoms with van der Waals surface area (Å²) in [5.41, 5.74) is 1.27. The number of carboxylic acids is 1. The quantitative estimate of drug-likeness (QED) is 0.876. The average Bonchev–Trinajstić information content (AvgIpc) is 2.27. The van der Waals surface area contributed by atoms with Crippen LogP contribution in [0.2, 0.25) is 0 Å². The number of nitriles is 1. The van der Waals surface area contributed by atoms with Gasteiger partial charge in [-0.05, 0) is 31.5 Å². The van der Waals surface area contributed by atoms with E-state index in [1.54, 1.807) is 12.1 Å². The largest absolute Gasteiger partial charge is 0.481 e. The number of carbonyl (C=O) groups is 1. The molecule has 1 rings (SSSR count). The average molecular weight is 297 g/mol. The number of carboxylic acid groups (broad SMARTS) is 1. The van der Waals surface area contributed by atoms with Crippen LogP contribution in [0.4, 0.5) is 5.69 Å². The second kappa shape index (κ2) is 6.26. The molecule has 5 heteroatoms. The van der Waals surface area contributed by atoms with E-state index in [1.165, 1.54) is 0 Å². The van der Waals surface area contributed by atoms with E-state index in [1.807, 2.05) is 13.0 Å². The maximum Gasteiger partial charge on any atom is 0.303 e. The molecule has 0 radical (unpaired) electrons. The van der Waals surface area contributed by atoms with E-state index in [-0.39, 0.29) is 12.5 Å². The minimum absolute atomic E-state index is 0.00694. The third kappa shape index (κ3) is 4.45. The molecule has 0 aliphatic carbocycles. The number of benzene rings is 1. The van der Waals surface area contributed by atoms with Crippen molar-refractivity contribution in [2.75, 3.05) is 5.32 Å². The van der Waals surface area contributed by atoms with Crippen LogP contribution in [0.15, 0.2) is 22.7 Å². The molecular formula is C12H13BrN2O2. The molecule has 17 heavy (non-hydrogen) atoms. The van der Waals surface area contributed by atoms with Crippen LogP contribution in [0.5, 0.6) is 0 Å². The smallest absolute Gasteiger partial charge is 0.303 e. The fourth-order valence-corrected chi connectivity index (χ4v) is 1.77. The van der Waals surface area contributed by atoms with Crippen LogP contribution in [0.3, 0.4) is 0 Å². The van der Waals surface area contributed by atoms with E-state index in [4.69, 9.17) is 10.4 Å². The fraction of sp³-hybridized carbons (Fsp3) is 0.333. The summed E-state index contributed by atoms with van der Waals surface area (Å²) in [6, 6.07) is 7.43. The predicted molar refractivity (Wildman–Crippen MR) is 68.8 cm³/mol. The Balaban J connectivity index is 2.70. The molecule has 2 N–H and O–H groups in total. The minimum Gasteiger partial charge on any atom is -0.481 e. The van der Waals surface area contributed by atoms with Crippen molar-refractivity contribution >= 4 is 27.6 Å². The molecule has 4 nitrogen and oxygen atoms in total. The monoisotopic (exact) mass is 296 g/mol. The normalized spacial score (nSPS) is 11.6. The molecule has 0 aliphatic rings. The summed E-state index contributed by atoms with van der Waals surface area (Å²) in [5, 5.41) is 20.7. The number of halogens is 1. The molecule has 0 fully saturated rings. The molecule has 0 aliphatic heterocycles. The lowest BCUT2D eigenvalue weighted by Gasteiger charge is -2.15. The molecule has 1 atom stereocenters. The van der Waals surface area contributed by atoms with E-state index in [9.17, 15) is 4.79 Å². The van der Waals surface area contributed by atoms with Crippen molar-refractivity contribution in [1.29, 1.82) is 5.26 Å². The summed E-state index contributed by atoms with van der Waals surface area (Å²) in [6.45, 7) is 1.89. The summed E-state index contributed by atoms with van der Waals surface area (Å²) in [5.74, 6) is -0.812. The molecule has 0 saturated heterocycles. The molecular weight excluding hydrogens is 284 g/mol. The first kappa shape index (κ1) is 13.5. The van der Waals surface area contributed by atoms with Gasteiger partial charge in [-0.15, -0.1) is 0 Å². The summed E-state index contributed by atoms with van der Waals surface area (Å²) < 4.78 is 0.879. The SMILES string of the molecule is CC(CCC(=O)O)Nc1cc(Br)ccc1C#N. The van der Waals surface area contributed by atoms with Gasteiger partial charge in [0.2, 0.25) is 0 Å². The highest BCUT2D eigenvalue weighted by molar-refractivity contribution is 9.10. The number of rotatable bonds is 5. The fourth-order valence-electron chi connectivity index (χ4n) is 1.41. The van der Waals surface area contributed by atoms with Crippen molar-refractivity contribution in [2.24, 2.45) is 0 Å². The zero-order valence-electron chi connectivity index (χ0n) is 9.40. The first-order valence-electron chi connectivity index (χ1n) is 5.21. The predicted octanol–water partition coefficient (Wildman–Crippen LogP) is 2.99. The third-order valence-corrected chi connectivity index (χ3v) is 2.79. The summed E-state index contributed by atoms with van der Waals surface area (Å²) in [4.78, 5) is 10.4. The van der Waals surface area contributed by atoms with E-state index >= 15 is 0 Å². The van der Waals surface area contributed by atoms with Crippen LogP contribution in [0.25, 0.3) is 0 Å². The van der Waals surface area contributed by atoms with E-state index < -0.39 is 5.97 Å². The van der Waals surface area contributed by atoms with Gasteiger partial charge in [-0.3, -0.25) is 4.79 Å². The van der Waals surface area contributed by atoms with Crippen LogP contribution in [-0.2, 0) is 4.79 Å². The molecule has 1 unspecified atom stereocenters. The van der Waals surface area contributed by atoms with Gasteiger partial charge in [-0.2, -0.15) is 5.26 Å². The highest BCUT2D eigenvalue weighted by Gasteiger charge is 2.08. The van der Waals surface area contributed by atoms with Crippen molar-refractivity contribution < 1.29 is 9.90 Å². The Bertz CT molecular complexity index is 454. The van der Waals surface area contributed by atoms with Crippen molar-refractivity contribution in [2.45, 2.75) is 25.8 Å². The zero-order chi connectivity index (χ0) is 12.8. The topological polar surface area (TPSA) is 73.1 Å². The molecule has 1 aromatic carbocycles. The minimum atomic E-state index is -0.812. The summed E-state index contributed by atoms with van der Waals surface area (Å²) >= 11 is 3.33. The van der Waals surface area contributed by atoms with Gasteiger partial charge < -0.3 is 10.4 Å². The Kier molecular flexibility index (Phi) is 4.98. The highest BCUT2D eigenvalue weighted by atomic mass is 79.9. The maximum absolute atomic E-state index is 10.4. The molecule has 90 valence electrons. The number of nitrogens with zero attached hydrogens (tertiary/aromatic N) is 1. The summed E-state index contributed by atoms with van der Waals surface area (Å²) in [6.07, 6.45) is 0.636. The lowest BCUT2D eigenvalue weighted by atomic mass is 10.1. The maximum atomic E-state index is 10.4. The second-order valence-corrected chi connectivity index (χ2v) is 4.70. The Morgan fingerprint density at radius 3 is 2.94 bits per heavy atom. The summed E-state index contributed by atoms with van der Waals surface area (Å²) in [7, 11) is 0. The van der Waals surface area contributed by atoms with Crippen LogP contribution in [-0.4, -0.2) is 17.1 Å². The lowest BCUT2D eigenvalue weighted by Crippen LogP contribution is -2.17. The molecule has 1 aromatic rings. The first-order valence-corrected chi connectivity index (χ1v) is 6.00. The van der Waals surface area contributed by atoms with E-state index in [0.717, 1.165) is 10.2 Å². The van der Waals surface area contributed by atoms with Crippen LogP contribution in [0.1, 0.15) is 25.3 Å². The van der Waals surface area contributed by atoms with Gasteiger partial charge in [0.1, 0.15) is 6.07 Å². The Labute approximate surface area is 108 Å². The van der Waals surface area contributed by atoms with Crippen molar-refractivity contribution in [3.05, 3.63) is 28.2 Å². The number of nitrogens with one attached hydrogen (secondary N) is 1. The van der Waals surface area contributed by atoms with Crippen LogP contribution < -0.4 is 5.32 Å². The highest BCUT2D eigenvalue weighted by Crippen LogP contribution is 2.22. The van der Waals surface area contributed by atoms with Gasteiger partial charge in [-0.25, -0.2) is 0 Å². The number of anilines is 1. The molecule has 0 spiro atoms. The Morgan fingerprint density at radius 1 is 1.65 bits per heavy atom. The number of hydrogen-bond acceptors (Lipinski definition) is 3. The molecule has 0 aromatic heterocycles. The van der Waals surface area contributed by atoms with E-state index in [2.05, 4.69) is 27.3 Å². The zero-order valence-corrected chi connectivity index (χ0v) is 11.0. The lowest BCUT2D eigenvalue weighted by molar-refractivity contribution is -0.137. The first-order chi connectivity index (χ1) is 8.02. The third-order valence-electron chi connectivity index (χ3n) is 2.30. The van der Waals surface area contributed by atoms with Gasteiger partial charge >= 0.3 is 5.97 Å². The number of hydrogen-bond donors (Lipinski definition) is 2. The van der Waals surface area contributed by atoms with E-state index in [0.29, 0.717) is 12.0 Å². The standard InChI is InChI=1S/C12H13BrN2O2/c1-8(2-5-12(16)17)15-11-6-10(13)4-3-9(11)7-14/h3-4,6,8,15H,2,5H2,1H3,(H,16,17). The van der Waals surface area contributed by atoms with Gasteiger partial charge in [0.15, 0.2) is 0 Å². The van der Waals surface area contributed by atoms with Crippen LogP contribution >= 0.6 is 15.9 Å². The second-order valence-electron chi connectivity index (χ2n) is 3.78. The molecule has 0 heterocycles. The Hall–Kier alpha value is -1.54. The van der Waals surface area contributed by atoms with Gasteiger partial charge in [0.05, 0.1) is 11.3 Å². The van der Waals surface area contributed by atoms with Crippen molar-refractivity contribution in [1.82, 2.24) is 0 Å². The molecule has 0 bridgehead atoms. The van der Waals surface area contributed by atoms with Crippen LogP contribution in [0, 0.1) is 11.3 Å². The van der Waals surface area contributed by atoms with Crippen molar-refractivity contribution in [3.8, 4) is 6.07 Å².